The van der Waals surface area contributed by atoms with Crippen molar-refractivity contribution in [2.24, 2.45) is 0 Å². The Bertz CT molecular complexity index is 914. The highest BCUT2D eigenvalue weighted by Crippen LogP contribution is 2.28. The Balaban J connectivity index is 2.12. The van der Waals surface area contributed by atoms with Crippen molar-refractivity contribution in [2.45, 2.75) is 11.8 Å². The van der Waals surface area contributed by atoms with Crippen molar-refractivity contribution in [2.75, 3.05) is 11.4 Å². The van der Waals surface area contributed by atoms with Gasteiger partial charge in [0.25, 0.3) is 10.0 Å². The van der Waals surface area contributed by atoms with Crippen LogP contribution in [-0.4, -0.2) is 20.4 Å². The van der Waals surface area contributed by atoms with Gasteiger partial charge in [-0.1, -0.05) is 35.9 Å². The maximum Gasteiger partial charge on any atom is 0.264 e. The lowest BCUT2D eigenvalue weighted by Crippen LogP contribution is -2.26. The van der Waals surface area contributed by atoms with Crippen molar-refractivity contribution in [3.8, 4) is 0 Å². The second-order valence-electron chi connectivity index (χ2n) is 5.13. The van der Waals surface area contributed by atoms with Crippen molar-refractivity contribution >= 4 is 26.6 Å². The van der Waals surface area contributed by atoms with E-state index >= 15 is 0 Å². The second-order valence-corrected chi connectivity index (χ2v) is 7.10. The molecular weight excluding hydrogens is 296 g/mol. The van der Waals surface area contributed by atoms with E-state index in [0.29, 0.717) is 5.69 Å². The molecule has 3 aromatic rings. The molecule has 0 unspecified atom stereocenters. The number of aryl methyl sites for hydroxylation is 1. The smallest absolute Gasteiger partial charge is 0.264 e. The van der Waals surface area contributed by atoms with Gasteiger partial charge in [0.2, 0.25) is 0 Å². The highest BCUT2D eigenvalue weighted by molar-refractivity contribution is 7.92. The summed E-state index contributed by atoms with van der Waals surface area (Å²) in [5.41, 5.74) is 2.41. The minimum absolute atomic E-state index is 0.279. The van der Waals surface area contributed by atoms with E-state index in [1.807, 2.05) is 31.2 Å². The van der Waals surface area contributed by atoms with Gasteiger partial charge in [0.15, 0.2) is 0 Å². The quantitative estimate of drug-likeness (QED) is 0.745. The summed E-state index contributed by atoms with van der Waals surface area (Å²) in [5, 5.41) is 0.809. The number of pyridine rings is 1. The Hall–Kier alpha value is -2.40. The van der Waals surface area contributed by atoms with E-state index < -0.39 is 10.0 Å². The Morgan fingerprint density at radius 2 is 1.64 bits per heavy atom. The third-order valence-corrected chi connectivity index (χ3v) is 5.43. The summed E-state index contributed by atoms with van der Waals surface area (Å²) in [6.07, 6.45) is 1.62. The minimum Gasteiger partial charge on any atom is -0.269 e. The number of sulfonamides is 1. The molecular formula is C17H16N2O2S. The van der Waals surface area contributed by atoms with Crippen LogP contribution in [0.3, 0.4) is 0 Å². The molecule has 0 aliphatic carbocycles. The fourth-order valence-electron chi connectivity index (χ4n) is 2.35. The van der Waals surface area contributed by atoms with Gasteiger partial charge >= 0.3 is 0 Å². The third kappa shape index (κ3) is 2.44. The lowest BCUT2D eigenvalue weighted by Gasteiger charge is -2.21. The van der Waals surface area contributed by atoms with Crippen LogP contribution in [0, 0.1) is 6.92 Å². The van der Waals surface area contributed by atoms with Crippen molar-refractivity contribution in [1.29, 1.82) is 0 Å². The molecule has 0 saturated heterocycles. The molecule has 4 nitrogen and oxygen atoms in total. The van der Waals surface area contributed by atoms with E-state index in [4.69, 9.17) is 0 Å². The summed E-state index contributed by atoms with van der Waals surface area (Å²) >= 11 is 0. The Labute approximate surface area is 130 Å². The molecule has 1 aromatic heterocycles. The second kappa shape index (κ2) is 5.42. The molecule has 2 aromatic carbocycles. The van der Waals surface area contributed by atoms with Crippen LogP contribution < -0.4 is 4.31 Å². The lowest BCUT2D eigenvalue weighted by molar-refractivity contribution is 0.594. The van der Waals surface area contributed by atoms with Gasteiger partial charge in [-0.05, 0) is 31.2 Å². The van der Waals surface area contributed by atoms with Crippen molar-refractivity contribution in [3.63, 3.8) is 0 Å². The van der Waals surface area contributed by atoms with E-state index in [9.17, 15) is 8.42 Å². The van der Waals surface area contributed by atoms with Crippen LogP contribution in [0.15, 0.2) is 65.7 Å². The average molecular weight is 312 g/mol. The normalized spacial score (nSPS) is 11.5. The lowest BCUT2D eigenvalue weighted by atomic mass is 10.2. The molecule has 0 bridgehead atoms. The fraction of sp³-hybridized carbons (Fsp3) is 0.118. The summed E-state index contributed by atoms with van der Waals surface area (Å²) in [6, 6.07) is 16.1. The Morgan fingerprint density at radius 1 is 0.955 bits per heavy atom. The molecule has 5 heteroatoms. The molecule has 0 aliphatic heterocycles. The van der Waals surface area contributed by atoms with Crippen molar-refractivity contribution < 1.29 is 8.42 Å². The summed E-state index contributed by atoms with van der Waals surface area (Å²) in [5.74, 6) is 0. The predicted molar refractivity (Wildman–Crippen MR) is 88.5 cm³/mol. The summed E-state index contributed by atoms with van der Waals surface area (Å²) < 4.78 is 26.9. The molecule has 1 heterocycles. The number of nitrogens with zero attached hydrogens (tertiary/aromatic N) is 2. The third-order valence-electron chi connectivity index (χ3n) is 3.64. The molecule has 112 valence electrons. The van der Waals surface area contributed by atoms with Gasteiger partial charge in [-0.25, -0.2) is 8.42 Å². The molecule has 0 radical (unpaired) electrons. The molecule has 0 fully saturated rings. The Morgan fingerprint density at radius 3 is 2.36 bits per heavy atom. The van der Waals surface area contributed by atoms with Gasteiger partial charge in [-0.2, -0.15) is 0 Å². The highest BCUT2D eigenvalue weighted by Gasteiger charge is 2.22. The van der Waals surface area contributed by atoms with Crippen molar-refractivity contribution in [3.05, 3.63) is 66.4 Å². The zero-order valence-corrected chi connectivity index (χ0v) is 13.2. The topological polar surface area (TPSA) is 50.3 Å². The first-order valence-electron chi connectivity index (χ1n) is 6.89. The number of para-hydroxylation sites is 1. The molecule has 0 saturated carbocycles. The van der Waals surface area contributed by atoms with Crippen molar-refractivity contribution in [1.82, 2.24) is 4.98 Å². The molecule has 0 spiro atoms. The number of anilines is 1. The number of hydrogen-bond donors (Lipinski definition) is 0. The van der Waals surface area contributed by atoms with Crippen LogP contribution in [0.1, 0.15) is 5.56 Å². The van der Waals surface area contributed by atoms with Gasteiger partial charge in [-0.3, -0.25) is 9.29 Å². The SMILES string of the molecule is Cc1ccc(S(=O)(=O)N(C)c2ccnc3ccccc23)cc1. The van der Waals surface area contributed by atoms with Crippen LogP contribution in [0.2, 0.25) is 0 Å². The van der Waals surface area contributed by atoms with Gasteiger partial charge in [0, 0.05) is 18.6 Å². The molecule has 3 rings (SSSR count). The standard InChI is InChI=1S/C17H16N2O2S/c1-13-7-9-14(10-8-13)22(20,21)19(2)17-11-12-18-16-6-4-3-5-15(16)17/h3-12H,1-2H3. The summed E-state index contributed by atoms with van der Waals surface area (Å²) in [6.45, 7) is 1.93. The minimum atomic E-state index is -3.59. The fourth-order valence-corrected chi connectivity index (χ4v) is 3.57. The number of fused-ring (bicyclic) bond motifs is 1. The van der Waals surface area contributed by atoms with Crippen LogP contribution in [0.4, 0.5) is 5.69 Å². The predicted octanol–water partition coefficient (Wildman–Crippen LogP) is 3.37. The Kier molecular flexibility index (Phi) is 3.58. The number of hydrogen-bond acceptors (Lipinski definition) is 3. The highest BCUT2D eigenvalue weighted by atomic mass is 32.2. The monoisotopic (exact) mass is 312 g/mol. The molecule has 22 heavy (non-hydrogen) atoms. The van der Waals surface area contributed by atoms with E-state index in [0.717, 1.165) is 16.5 Å². The van der Waals surface area contributed by atoms with Crippen LogP contribution >= 0.6 is 0 Å². The molecule has 0 aliphatic rings. The zero-order chi connectivity index (χ0) is 15.7. The number of aromatic nitrogens is 1. The first-order valence-corrected chi connectivity index (χ1v) is 8.33. The van der Waals surface area contributed by atoms with Gasteiger partial charge < -0.3 is 0 Å². The molecule has 0 N–H and O–H groups in total. The number of rotatable bonds is 3. The van der Waals surface area contributed by atoms with Gasteiger partial charge in [0.05, 0.1) is 16.1 Å². The average Bonchev–Trinajstić information content (AvgIpc) is 2.54. The molecule has 0 amide bonds. The van der Waals surface area contributed by atoms with Gasteiger partial charge in [-0.15, -0.1) is 0 Å². The first kappa shape index (κ1) is 14.5. The van der Waals surface area contributed by atoms with Crippen LogP contribution in [0.5, 0.6) is 0 Å². The largest absolute Gasteiger partial charge is 0.269 e. The van der Waals surface area contributed by atoms with E-state index in [1.165, 1.54) is 4.31 Å². The molecule has 0 atom stereocenters. The van der Waals surface area contributed by atoms with Gasteiger partial charge in [0.1, 0.15) is 0 Å². The van der Waals surface area contributed by atoms with Crippen LogP contribution in [0.25, 0.3) is 10.9 Å². The maximum absolute atomic E-state index is 12.8. The van der Waals surface area contributed by atoms with Crippen LogP contribution in [-0.2, 0) is 10.0 Å². The van der Waals surface area contributed by atoms with E-state index in [-0.39, 0.29) is 4.90 Å². The first-order chi connectivity index (χ1) is 10.5. The maximum atomic E-state index is 12.8. The zero-order valence-electron chi connectivity index (χ0n) is 12.4. The van der Waals surface area contributed by atoms with E-state index in [2.05, 4.69) is 4.98 Å². The van der Waals surface area contributed by atoms with E-state index in [1.54, 1.807) is 43.6 Å². The summed E-state index contributed by atoms with van der Waals surface area (Å²) in [4.78, 5) is 4.55. The number of benzene rings is 2. The summed E-state index contributed by atoms with van der Waals surface area (Å²) in [7, 11) is -2.03.